The molecule has 1 aliphatic rings. The number of ether oxygens (including phenoxy) is 1. The van der Waals surface area contributed by atoms with Crippen molar-refractivity contribution in [1.29, 1.82) is 5.26 Å². The Balaban J connectivity index is 1.97. The molecule has 1 fully saturated rings. The van der Waals surface area contributed by atoms with Crippen LogP contribution in [0.15, 0.2) is 42.0 Å². The highest BCUT2D eigenvalue weighted by Gasteiger charge is 2.32. The van der Waals surface area contributed by atoms with Crippen LogP contribution in [0.1, 0.15) is 38.3 Å². The zero-order chi connectivity index (χ0) is 22.1. The zero-order valence-corrected chi connectivity index (χ0v) is 17.3. The van der Waals surface area contributed by atoms with E-state index >= 15 is 0 Å². The van der Waals surface area contributed by atoms with Crippen molar-refractivity contribution in [2.45, 2.75) is 45.1 Å². The second-order valence-electron chi connectivity index (χ2n) is 7.65. The first-order valence-corrected chi connectivity index (χ1v) is 10.1. The minimum Gasteiger partial charge on any atom is -0.447 e. The summed E-state index contributed by atoms with van der Waals surface area (Å²) in [5, 5.41) is 30.6. The van der Waals surface area contributed by atoms with Crippen molar-refractivity contribution in [3.63, 3.8) is 0 Å². The molecule has 2 amide bonds. The fourth-order valence-electron chi connectivity index (χ4n) is 3.45. The normalized spacial score (nSPS) is 17.4. The summed E-state index contributed by atoms with van der Waals surface area (Å²) in [6.45, 7) is 4.30. The monoisotopic (exact) mass is 413 g/mol. The minimum atomic E-state index is -1.59. The fourth-order valence-corrected chi connectivity index (χ4v) is 3.45. The van der Waals surface area contributed by atoms with Gasteiger partial charge in [0.15, 0.2) is 0 Å². The summed E-state index contributed by atoms with van der Waals surface area (Å²) < 4.78 is 5.32. The molecule has 0 bridgehead atoms. The van der Waals surface area contributed by atoms with Gasteiger partial charge < -0.3 is 25.0 Å². The van der Waals surface area contributed by atoms with Crippen LogP contribution in [-0.2, 0) is 9.53 Å². The maximum atomic E-state index is 12.7. The van der Waals surface area contributed by atoms with Crippen molar-refractivity contribution in [1.82, 2.24) is 10.2 Å². The molecule has 9 heteroatoms. The van der Waals surface area contributed by atoms with Gasteiger partial charge in [-0.2, -0.15) is 5.26 Å². The van der Waals surface area contributed by atoms with E-state index in [1.807, 2.05) is 26.0 Å². The van der Waals surface area contributed by atoms with Gasteiger partial charge in [0, 0.05) is 12.9 Å². The van der Waals surface area contributed by atoms with E-state index in [0.717, 1.165) is 12.0 Å². The summed E-state index contributed by atoms with van der Waals surface area (Å²) in [6, 6.07) is 9.98. The number of likely N-dealkylation sites (tertiary alicyclic amines) is 1. The van der Waals surface area contributed by atoms with E-state index in [4.69, 9.17) is 4.74 Å². The van der Waals surface area contributed by atoms with Gasteiger partial charge in [0.25, 0.3) is 5.91 Å². The SMILES string of the molecule is CC(C)C=C(C#N)C(=O)N1CCC[C@@H]1COC(=O)N[C@H](CB(O)O)c1ccccc1. The van der Waals surface area contributed by atoms with E-state index in [1.165, 1.54) is 0 Å². The third-order valence-electron chi connectivity index (χ3n) is 4.84. The third kappa shape index (κ3) is 6.90. The summed E-state index contributed by atoms with van der Waals surface area (Å²) in [7, 11) is -1.59. The molecule has 0 radical (unpaired) electrons. The van der Waals surface area contributed by atoms with Gasteiger partial charge in [-0.3, -0.25) is 4.79 Å². The summed E-state index contributed by atoms with van der Waals surface area (Å²) in [5.41, 5.74) is 0.820. The number of nitriles is 1. The van der Waals surface area contributed by atoms with Crippen molar-refractivity contribution in [2.24, 2.45) is 5.92 Å². The van der Waals surface area contributed by atoms with Crippen molar-refractivity contribution in [3.8, 4) is 6.07 Å². The predicted octanol–water partition coefficient (Wildman–Crippen LogP) is 2.02. The molecular formula is C21H28BN3O5. The maximum absolute atomic E-state index is 12.7. The van der Waals surface area contributed by atoms with E-state index in [9.17, 15) is 24.9 Å². The van der Waals surface area contributed by atoms with E-state index in [-0.39, 0.29) is 36.4 Å². The van der Waals surface area contributed by atoms with Crippen LogP contribution < -0.4 is 5.32 Å². The van der Waals surface area contributed by atoms with Gasteiger partial charge in [-0.15, -0.1) is 0 Å². The Bertz CT molecular complexity index is 792. The number of alkyl carbamates (subject to hydrolysis) is 1. The number of amides is 2. The predicted molar refractivity (Wildman–Crippen MR) is 112 cm³/mol. The Morgan fingerprint density at radius 1 is 1.37 bits per heavy atom. The molecule has 1 heterocycles. The summed E-state index contributed by atoms with van der Waals surface area (Å²) in [5.74, 6) is -0.272. The van der Waals surface area contributed by atoms with Gasteiger partial charge in [0.05, 0.1) is 12.1 Å². The van der Waals surface area contributed by atoms with Crippen LogP contribution in [0.25, 0.3) is 0 Å². The average Bonchev–Trinajstić information content (AvgIpc) is 3.18. The first-order valence-electron chi connectivity index (χ1n) is 10.1. The maximum Gasteiger partial charge on any atom is 0.453 e. The quantitative estimate of drug-likeness (QED) is 0.341. The first-order chi connectivity index (χ1) is 14.3. The molecule has 0 spiro atoms. The standard InChI is InChI=1S/C21H28BN3O5/c1-15(2)11-17(13-23)20(26)25-10-6-9-18(25)14-30-21(27)24-19(12-22(28)29)16-7-4-3-5-8-16/h3-5,7-8,11,15,18-19,28-29H,6,9-10,12,14H2,1-2H3,(H,24,27)/t18-,19-/m1/s1. The molecule has 0 aromatic heterocycles. The molecule has 2 atom stereocenters. The van der Waals surface area contributed by atoms with Gasteiger partial charge in [-0.25, -0.2) is 4.79 Å². The van der Waals surface area contributed by atoms with Gasteiger partial charge in [-0.05, 0) is 24.3 Å². The van der Waals surface area contributed by atoms with Gasteiger partial charge in [-0.1, -0.05) is 50.3 Å². The molecule has 1 aromatic carbocycles. The van der Waals surface area contributed by atoms with Crippen LogP contribution in [0.3, 0.4) is 0 Å². The fraction of sp³-hybridized carbons (Fsp3) is 0.476. The van der Waals surface area contributed by atoms with Crippen LogP contribution in [-0.4, -0.2) is 53.3 Å². The number of rotatable bonds is 8. The number of carbonyl (C=O) groups is 2. The number of hydrogen-bond donors (Lipinski definition) is 3. The Labute approximate surface area is 177 Å². The molecular weight excluding hydrogens is 385 g/mol. The third-order valence-corrected chi connectivity index (χ3v) is 4.84. The van der Waals surface area contributed by atoms with Gasteiger partial charge in [0.1, 0.15) is 18.2 Å². The van der Waals surface area contributed by atoms with E-state index in [2.05, 4.69) is 5.32 Å². The Kier molecular flexibility index (Phi) is 8.90. The number of nitrogens with one attached hydrogen (secondary N) is 1. The second-order valence-corrected chi connectivity index (χ2v) is 7.65. The van der Waals surface area contributed by atoms with Crippen molar-refractivity contribution in [2.75, 3.05) is 13.2 Å². The lowest BCUT2D eigenvalue weighted by Crippen LogP contribution is -2.41. The number of hydrogen-bond acceptors (Lipinski definition) is 6. The topological polar surface area (TPSA) is 123 Å². The molecule has 160 valence electrons. The van der Waals surface area contributed by atoms with Crippen molar-refractivity contribution < 1.29 is 24.4 Å². The Morgan fingerprint density at radius 3 is 2.67 bits per heavy atom. The lowest BCUT2D eigenvalue weighted by molar-refractivity contribution is -0.128. The van der Waals surface area contributed by atoms with Crippen molar-refractivity contribution in [3.05, 3.63) is 47.5 Å². The molecule has 3 N–H and O–H groups in total. The molecule has 30 heavy (non-hydrogen) atoms. The molecule has 1 saturated heterocycles. The first kappa shape index (κ1) is 23.5. The highest BCUT2D eigenvalue weighted by Crippen LogP contribution is 2.22. The lowest BCUT2D eigenvalue weighted by atomic mass is 9.79. The molecule has 1 aromatic rings. The van der Waals surface area contributed by atoms with E-state index in [1.54, 1.807) is 35.2 Å². The van der Waals surface area contributed by atoms with Crippen LogP contribution in [0.5, 0.6) is 0 Å². The number of carbonyl (C=O) groups excluding carboxylic acids is 2. The molecule has 0 unspecified atom stereocenters. The number of allylic oxidation sites excluding steroid dienone is 1. The highest BCUT2D eigenvalue weighted by atomic mass is 16.5. The number of nitrogens with zero attached hydrogens (tertiary/aromatic N) is 2. The minimum absolute atomic E-state index is 0.00114. The lowest BCUT2D eigenvalue weighted by Gasteiger charge is -2.25. The summed E-state index contributed by atoms with van der Waals surface area (Å²) in [6.07, 6.45) is 2.29. The smallest absolute Gasteiger partial charge is 0.447 e. The van der Waals surface area contributed by atoms with Crippen LogP contribution >= 0.6 is 0 Å². The van der Waals surface area contributed by atoms with Crippen LogP contribution in [0.4, 0.5) is 4.79 Å². The van der Waals surface area contributed by atoms with Gasteiger partial charge in [0.2, 0.25) is 0 Å². The summed E-state index contributed by atoms with van der Waals surface area (Å²) in [4.78, 5) is 26.6. The molecule has 8 nitrogen and oxygen atoms in total. The second kappa shape index (κ2) is 11.4. The Hall–Kier alpha value is -2.83. The zero-order valence-electron chi connectivity index (χ0n) is 17.3. The van der Waals surface area contributed by atoms with E-state index < -0.39 is 19.3 Å². The van der Waals surface area contributed by atoms with Crippen LogP contribution in [0.2, 0.25) is 6.32 Å². The summed E-state index contributed by atoms with van der Waals surface area (Å²) >= 11 is 0. The largest absolute Gasteiger partial charge is 0.453 e. The number of benzene rings is 1. The molecule has 0 saturated carbocycles. The highest BCUT2D eigenvalue weighted by molar-refractivity contribution is 6.41. The Morgan fingerprint density at radius 2 is 2.07 bits per heavy atom. The molecule has 0 aliphatic carbocycles. The average molecular weight is 413 g/mol. The van der Waals surface area contributed by atoms with Gasteiger partial charge >= 0.3 is 13.2 Å². The molecule has 2 rings (SSSR count). The van der Waals surface area contributed by atoms with Crippen LogP contribution in [0, 0.1) is 17.2 Å². The molecule has 1 aliphatic heterocycles. The van der Waals surface area contributed by atoms with Crippen molar-refractivity contribution >= 4 is 19.1 Å². The van der Waals surface area contributed by atoms with E-state index in [0.29, 0.717) is 13.0 Å².